The van der Waals surface area contributed by atoms with Crippen molar-refractivity contribution in [2.75, 3.05) is 0 Å². The van der Waals surface area contributed by atoms with Crippen LogP contribution in [0.4, 0.5) is 0 Å². The van der Waals surface area contributed by atoms with E-state index in [0.29, 0.717) is 6.04 Å². The summed E-state index contributed by atoms with van der Waals surface area (Å²) in [7, 11) is 0. The minimum absolute atomic E-state index is 0.428. The first-order chi connectivity index (χ1) is 5.34. The predicted octanol–water partition coefficient (Wildman–Crippen LogP) is 1.92. The molecule has 1 rings (SSSR count). The molecule has 0 aromatic heterocycles. The SMILES string of the molecule is C#CCCCC(N)C1CCC1. The van der Waals surface area contributed by atoms with Gasteiger partial charge in [0.25, 0.3) is 0 Å². The minimum Gasteiger partial charge on any atom is -0.327 e. The van der Waals surface area contributed by atoms with Crippen molar-refractivity contribution in [2.45, 2.75) is 44.6 Å². The van der Waals surface area contributed by atoms with Crippen molar-refractivity contribution in [3.8, 4) is 12.3 Å². The van der Waals surface area contributed by atoms with Crippen molar-refractivity contribution in [3.05, 3.63) is 0 Å². The third-order valence-electron chi connectivity index (χ3n) is 2.61. The fraction of sp³-hybridized carbons (Fsp3) is 0.800. The molecule has 0 radical (unpaired) electrons. The second-order valence-electron chi connectivity index (χ2n) is 3.45. The summed E-state index contributed by atoms with van der Waals surface area (Å²) in [6.45, 7) is 0. The second kappa shape index (κ2) is 4.41. The molecule has 0 saturated heterocycles. The summed E-state index contributed by atoms with van der Waals surface area (Å²) >= 11 is 0. The molecule has 0 heterocycles. The van der Waals surface area contributed by atoms with Gasteiger partial charge in [-0.3, -0.25) is 0 Å². The van der Waals surface area contributed by atoms with Gasteiger partial charge in [-0.25, -0.2) is 0 Å². The van der Waals surface area contributed by atoms with Crippen LogP contribution in [0.3, 0.4) is 0 Å². The average Bonchev–Trinajstić information content (AvgIpc) is 1.84. The van der Waals surface area contributed by atoms with Gasteiger partial charge in [0.2, 0.25) is 0 Å². The standard InChI is InChI=1S/C10H17N/c1-2-3-4-8-10(11)9-6-5-7-9/h1,9-10H,3-8,11H2. The summed E-state index contributed by atoms with van der Waals surface area (Å²) in [5, 5.41) is 0. The molecule has 1 atom stereocenters. The lowest BCUT2D eigenvalue weighted by Crippen LogP contribution is -2.34. The molecule has 2 N–H and O–H groups in total. The van der Waals surface area contributed by atoms with E-state index in [-0.39, 0.29) is 0 Å². The van der Waals surface area contributed by atoms with Crippen LogP contribution in [0.1, 0.15) is 38.5 Å². The molecule has 1 nitrogen and oxygen atoms in total. The van der Waals surface area contributed by atoms with Crippen molar-refractivity contribution in [1.82, 2.24) is 0 Å². The summed E-state index contributed by atoms with van der Waals surface area (Å²) in [6.07, 6.45) is 12.3. The molecule has 0 bridgehead atoms. The number of rotatable bonds is 4. The Balaban J connectivity index is 2.01. The van der Waals surface area contributed by atoms with E-state index < -0.39 is 0 Å². The number of unbranched alkanes of at least 4 members (excludes halogenated alkanes) is 1. The molecule has 62 valence electrons. The zero-order chi connectivity index (χ0) is 8.10. The van der Waals surface area contributed by atoms with Crippen LogP contribution >= 0.6 is 0 Å². The van der Waals surface area contributed by atoms with Gasteiger partial charge in [0.05, 0.1) is 0 Å². The maximum absolute atomic E-state index is 5.95. The summed E-state index contributed by atoms with van der Waals surface area (Å²) in [5.41, 5.74) is 5.95. The van der Waals surface area contributed by atoms with E-state index in [4.69, 9.17) is 12.2 Å². The Morgan fingerprint density at radius 3 is 2.73 bits per heavy atom. The highest BCUT2D eigenvalue weighted by atomic mass is 14.7. The quantitative estimate of drug-likeness (QED) is 0.482. The number of nitrogens with two attached hydrogens (primary N) is 1. The zero-order valence-electron chi connectivity index (χ0n) is 7.05. The molecule has 1 heteroatoms. The largest absolute Gasteiger partial charge is 0.327 e. The van der Waals surface area contributed by atoms with Crippen LogP contribution < -0.4 is 5.73 Å². The molecule has 0 aromatic rings. The first kappa shape index (κ1) is 8.62. The molecule has 1 saturated carbocycles. The first-order valence-electron chi connectivity index (χ1n) is 4.53. The monoisotopic (exact) mass is 151 g/mol. The number of hydrogen-bond acceptors (Lipinski definition) is 1. The molecule has 1 aliphatic rings. The van der Waals surface area contributed by atoms with Crippen LogP contribution in [0.5, 0.6) is 0 Å². The highest BCUT2D eigenvalue weighted by Gasteiger charge is 2.23. The Kier molecular flexibility index (Phi) is 3.45. The Labute approximate surface area is 69.4 Å². The highest BCUT2D eigenvalue weighted by molar-refractivity contribution is 4.85. The van der Waals surface area contributed by atoms with E-state index in [1.54, 1.807) is 0 Å². The van der Waals surface area contributed by atoms with Crippen molar-refractivity contribution in [2.24, 2.45) is 11.7 Å². The Morgan fingerprint density at radius 2 is 2.27 bits per heavy atom. The molecule has 0 spiro atoms. The van der Waals surface area contributed by atoms with Gasteiger partial charge in [0.15, 0.2) is 0 Å². The minimum atomic E-state index is 0.428. The van der Waals surface area contributed by atoms with Gasteiger partial charge < -0.3 is 5.73 Å². The van der Waals surface area contributed by atoms with Gasteiger partial charge >= 0.3 is 0 Å². The highest BCUT2D eigenvalue weighted by Crippen LogP contribution is 2.30. The molecule has 1 aliphatic carbocycles. The van der Waals surface area contributed by atoms with Gasteiger partial charge in [-0.05, 0) is 31.6 Å². The second-order valence-corrected chi connectivity index (χ2v) is 3.45. The zero-order valence-corrected chi connectivity index (χ0v) is 7.05. The normalized spacial score (nSPS) is 20.4. The lowest BCUT2D eigenvalue weighted by Gasteiger charge is -2.31. The van der Waals surface area contributed by atoms with Crippen LogP contribution in [0, 0.1) is 18.3 Å². The fourth-order valence-electron chi connectivity index (χ4n) is 1.54. The van der Waals surface area contributed by atoms with Crippen LogP contribution in [0.2, 0.25) is 0 Å². The van der Waals surface area contributed by atoms with Gasteiger partial charge in [0.1, 0.15) is 0 Å². The molecule has 1 unspecified atom stereocenters. The summed E-state index contributed by atoms with van der Waals surface area (Å²) < 4.78 is 0. The third-order valence-corrected chi connectivity index (χ3v) is 2.61. The summed E-state index contributed by atoms with van der Waals surface area (Å²) in [6, 6.07) is 0.428. The summed E-state index contributed by atoms with van der Waals surface area (Å²) in [5.74, 6) is 3.46. The average molecular weight is 151 g/mol. The Morgan fingerprint density at radius 1 is 1.55 bits per heavy atom. The van der Waals surface area contributed by atoms with Crippen molar-refractivity contribution in [1.29, 1.82) is 0 Å². The molecule has 1 fully saturated rings. The van der Waals surface area contributed by atoms with Crippen LogP contribution in [0.25, 0.3) is 0 Å². The fourth-order valence-corrected chi connectivity index (χ4v) is 1.54. The van der Waals surface area contributed by atoms with Gasteiger partial charge in [-0.2, -0.15) is 0 Å². The van der Waals surface area contributed by atoms with Crippen molar-refractivity contribution in [3.63, 3.8) is 0 Å². The Bertz CT molecular complexity index is 141. The van der Waals surface area contributed by atoms with E-state index in [9.17, 15) is 0 Å². The van der Waals surface area contributed by atoms with Crippen LogP contribution in [-0.2, 0) is 0 Å². The third kappa shape index (κ3) is 2.55. The molecule has 11 heavy (non-hydrogen) atoms. The van der Waals surface area contributed by atoms with Gasteiger partial charge in [-0.15, -0.1) is 12.3 Å². The van der Waals surface area contributed by atoms with E-state index in [2.05, 4.69) is 5.92 Å². The van der Waals surface area contributed by atoms with Crippen molar-refractivity contribution >= 4 is 0 Å². The van der Waals surface area contributed by atoms with Crippen LogP contribution in [-0.4, -0.2) is 6.04 Å². The maximum Gasteiger partial charge on any atom is 0.00866 e. The van der Waals surface area contributed by atoms with E-state index in [1.165, 1.54) is 19.3 Å². The number of hydrogen-bond donors (Lipinski definition) is 1. The molecule has 0 aliphatic heterocycles. The van der Waals surface area contributed by atoms with Crippen LogP contribution in [0.15, 0.2) is 0 Å². The van der Waals surface area contributed by atoms with Gasteiger partial charge in [-0.1, -0.05) is 6.42 Å². The molecular formula is C10H17N. The van der Waals surface area contributed by atoms with E-state index in [0.717, 1.165) is 25.2 Å². The first-order valence-corrected chi connectivity index (χ1v) is 4.53. The predicted molar refractivity (Wildman–Crippen MR) is 48.0 cm³/mol. The summed E-state index contributed by atoms with van der Waals surface area (Å²) in [4.78, 5) is 0. The van der Waals surface area contributed by atoms with E-state index in [1.807, 2.05) is 0 Å². The molecule has 0 aromatic carbocycles. The number of terminal acetylenes is 1. The molecule has 0 amide bonds. The van der Waals surface area contributed by atoms with E-state index >= 15 is 0 Å². The topological polar surface area (TPSA) is 26.0 Å². The Hall–Kier alpha value is -0.480. The maximum atomic E-state index is 5.95. The lowest BCUT2D eigenvalue weighted by atomic mass is 9.78. The lowest BCUT2D eigenvalue weighted by molar-refractivity contribution is 0.251. The smallest absolute Gasteiger partial charge is 0.00866 e. The van der Waals surface area contributed by atoms with Crippen molar-refractivity contribution < 1.29 is 0 Å². The molecular weight excluding hydrogens is 134 g/mol. The van der Waals surface area contributed by atoms with Gasteiger partial charge in [0, 0.05) is 12.5 Å².